The van der Waals surface area contributed by atoms with Crippen molar-refractivity contribution in [2.45, 2.75) is 6.92 Å². The molecule has 3 aromatic rings. The second kappa shape index (κ2) is 4.64. The van der Waals surface area contributed by atoms with Gasteiger partial charge in [0, 0.05) is 10.9 Å². The second-order valence-corrected chi connectivity index (χ2v) is 5.32. The zero-order chi connectivity index (χ0) is 14.3. The number of nitrogens with zero attached hydrogens (tertiary/aromatic N) is 1. The van der Waals surface area contributed by atoms with Crippen molar-refractivity contribution in [3.05, 3.63) is 39.5 Å². The largest absolute Gasteiger partial charge is 0.496 e. The highest BCUT2D eigenvalue weighted by molar-refractivity contribution is 7.17. The highest BCUT2D eigenvalue weighted by atomic mass is 32.1. The van der Waals surface area contributed by atoms with Gasteiger partial charge in [-0.25, -0.2) is 4.98 Å². The van der Waals surface area contributed by atoms with E-state index in [1.807, 2.05) is 30.5 Å². The first-order valence-corrected chi connectivity index (χ1v) is 6.90. The highest BCUT2D eigenvalue weighted by Gasteiger charge is 2.13. The Labute approximate surface area is 119 Å². The number of nitrogens with one attached hydrogen (secondary N) is 1. The number of fused-ring (bicyclic) bond motifs is 1. The maximum absolute atomic E-state index is 12.1. The van der Waals surface area contributed by atoms with Crippen LogP contribution in [-0.4, -0.2) is 17.1 Å². The summed E-state index contributed by atoms with van der Waals surface area (Å²) in [5, 5.41) is 2.50. The zero-order valence-corrected chi connectivity index (χ0v) is 11.9. The molecule has 0 saturated heterocycles. The number of aryl methyl sites for hydroxylation is 1. The molecule has 0 aliphatic rings. The number of H-pyrrole nitrogens is 1. The molecule has 3 rings (SSSR count). The van der Waals surface area contributed by atoms with Crippen LogP contribution in [0.3, 0.4) is 0 Å². The van der Waals surface area contributed by atoms with Crippen molar-refractivity contribution in [1.82, 2.24) is 9.97 Å². The number of thiophene rings is 1. The summed E-state index contributed by atoms with van der Waals surface area (Å²) in [5.74, 6) is 0.964. The third-order valence-electron chi connectivity index (χ3n) is 3.17. The predicted molar refractivity (Wildman–Crippen MR) is 81.4 cm³/mol. The molecule has 0 atom stereocenters. The molecule has 0 fully saturated rings. The van der Waals surface area contributed by atoms with Crippen LogP contribution in [0.15, 0.2) is 28.4 Å². The van der Waals surface area contributed by atoms with E-state index in [1.54, 1.807) is 7.11 Å². The minimum atomic E-state index is -0.211. The lowest BCUT2D eigenvalue weighted by molar-refractivity contribution is 0.412. The summed E-state index contributed by atoms with van der Waals surface area (Å²) in [6, 6.07) is 5.83. The Morgan fingerprint density at radius 1 is 1.40 bits per heavy atom. The maximum Gasteiger partial charge on any atom is 0.261 e. The normalized spacial score (nSPS) is 10.9. The fraction of sp³-hybridized carbons (Fsp3) is 0.143. The van der Waals surface area contributed by atoms with Crippen molar-refractivity contribution in [3.63, 3.8) is 0 Å². The highest BCUT2D eigenvalue weighted by Crippen LogP contribution is 2.33. The Balaban J connectivity index is 2.25. The van der Waals surface area contributed by atoms with E-state index in [0.717, 1.165) is 22.4 Å². The smallest absolute Gasteiger partial charge is 0.261 e. The van der Waals surface area contributed by atoms with E-state index in [1.165, 1.54) is 11.3 Å². The number of hydrogen-bond donors (Lipinski definition) is 2. The van der Waals surface area contributed by atoms with Crippen molar-refractivity contribution < 1.29 is 4.74 Å². The number of nitrogens with two attached hydrogens (primary N) is 1. The van der Waals surface area contributed by atoms with Crippen LogP contribution < -0.4 is 16.0 Å². The Kier molecular flexibility index (Phi) is 2.94. The molecular weight excluding hydrogens is 274 g/mol. The molecule has 5 nitrogen and oxygen atoms in total. The molecule has 2 heterocycles. The van der Waals surface area contributed by atoms with Crippen LogP contribution in [0.1, 0.15) is 5.56 Å². The van der Waals surface area contributed by atoms with Gasteiger partial charge in [-0.3, -0.25) is 9.78 Å². The van der Waals surface area contributed by atoms with Crippen LogP contribution in [0.4, 0.5) is 5.95 Å². The number of hydrogen-bond acceptors (Lipinski definition) is 5. The number of methoxy groups -OCH3 is 1. The van der Waals surface area contributed by atoms with Crippen molar-refractivity contribution >= 4 is 27.5 Å². The van der Waals surface area contributed by atoms with E-state index < -0.39 is 0 Å². The van der Waals surface area contributed by atoms with Crippen molar-refractivity contribution in [1.29, 1.82) is 0 Å². The van der Waals surface area contributed by atoms with Crippen LogP contribution in [0.25, 0.3) is 21.3 Å². The number of nitrogen functional groups attached to an aromatic ring is 1. The fourth-order valence-corrected chi connectivity index (χ4v) is 3.18. The van der Waals surface area contributed by atoms with Crippen molar-refractivity contribution in [2.75, 3.05) is 12.8 Å². The first-order chi connectivity index (χ1) is 9.60. The van der Waals surface area contributed by atoms with Crippen LogP contribution in [0.2, 0.25) is 0 Å². The standard InChI is InChI=1S/C14H13N3O2S/c1-7-5-8(3-4-10(7)19-2)9-6-20-13-11(9)12(18)16-14(15)17-13/h3-6H,1-2H3,(H3,15,16,17,18). The zero-order valence-electron chi connectivity index (χ0n) is 11.1. The van der Waals surface area contributed by atoms with Crippen LogP contribution >= 0.6 is 11.3 Å². The number of ether oxygens (including phenoxy) is 1. The fourth-order valence-electron chi connectivity index (χ4n) is 2.22. The van der Waals surface area contributed by atoms with E-state index >= 15 is 0 Å². The summed E-state index contributed by atoms with van der Waals surface area (Å²) in [4.78, 5) is 19.4. The Morgan fingerprint density at radius 2 is 2.20 bits per heavy atom. The van der Waals surface area contributed by atoms with E-state index in [-0.39, 0.29) is 11.5 Å². The lowest BCUT2D eigenvalue weighted by Gasteiger charge is -2.06. The summed E-state index contributed by atoms with van der Waals surface area (Å²) in [7, 11) is 1.64. The van der Waals surface area contributed by atoms with Crippen molar-refractivity contribution in [2.24, 2.45) is 0 Å². The van der Waals surface area contributed by atoms with Crippen molar-refractivity contribution in [3.8, 4) is 16.9 Å². The monoisotopic (exact) mass is 287 g/mol. The summed E-state index contributed by atoms with van der Waals surface area (Å²) >= 11 is 1.41. The number of benzene rings is 1. The quantitative estimate of drug-likeness (QED) is 0.759. The minimum absolute atomic E-state index is 0.141. The molecule has 0 radical (unpaired) electrons. The number of aromatic amines is 1. The van der Waals surface area contributed by atoms with Crippen LogP contribution in [-0.2, 0) is 0 Å². The van der Waals surface area contributed by atoms with Gasteiger partial charge in [0.25, 0.3) is 5.56 Å². The molecule has 0 spiro atoms. The van der Waals surface area contributed by atoms with Crippen LogP contribution in [0, 0.1) is 6.92 Å². The van der Waals surface area contributed by atoms with E-state index in [4.69, 9.17) is 10.5 Å². The van der Waals surface area contributed by atoms with Gasteiger partial charge < -0.3 is 10.5 Å². The molecule has 20 heavy (non-hydrogen) atoms. The maximum atomic E-state index is 12.1. The van der Waals surface area contributed by atoms with Crippen LogP contribution in [0.5, 0.6) is 5.75 Å². The molecule has 6 heteroatoms. The lowest BCUT2D eigenvalue weighted by atomic mass is 10.0. The first-order valence-electron chi connectivity index (χ1n) is 6.02. The van der Waals surface area contributed by atoms with E-state index in [2.05, 4.69) is 9.97 Å². The molecule has 0 saturated carbocycles. The molecule has 3 N–H and O–H groups in total. The Bertz CT molecular complexity index is 851. The van der Waals surface area contributed by atoms with Gasteiger partial charge in [0.1, 0.15) is 10.6 Å². The average Bonchev–Trinajstić information content (AvgIpc) is 2.82. The number of rotatable bonds is 2. The van der Waals surface area contributed by atoms with Gasteiger partial charge in [-0.2, -0.15) is 0 Å². The topological polar surface area (TPSA) is 81.0 Å². The first kappa shape index (κ1) is 12.7. The summed E-state index contributed by atoms with van der Waals surface area (Å²) in [5.41, 5.74) is 8.19. The molecule has 0 aliphatic heterocycles. The molecule has 1 aromatic carbocycles. The predicted octanol–water partition coefficient (Wildman–Crippen LogP) is 2.55. The van der Waals surface area contributed by atoms with Gasteiger partial charge >= 0.3 is 0 Å². The molecule has 0 amide bonds. The van der Waals surface area contributed by atoms with E-state index in [9.17, 15) is 4.79 Å². The number of aromatic nitrogens is 2. The van der Waals surface area contributed by atoms with Gasteiger partial charge in [-0.1, -0.05) is 6.07 Å². The van der Waals surface area contributed by atoms with Gasteiger partial charge in [0.05, 0.1) is 12.5 Å². The molecular formula is C14H13N3O2S. The third-order valence-corrected chi connectivity index (χ3v) is 4.04. The molecule has 0 unspecified atom stereocenters. The molecule has 2 aromatic heterocycles. The lowest BCUT2D eigenvalue weighted by Crippen LogP contribution is -2.10. The van der Waals surface area contributed by atoms with Gasteiger partial charge in [0.2, 0.25) is 5.95 Å². The average molecular weight is 287 g/mol. The SMILES string of the molecule is COc1ccc(-c2csc3nc(N)[nH]c(=O)c23)cc1C. The second-order valence-electron chi connectivity index (χ2n) is 4.47. The summed E-state index contributed by atoms with van der Waals surface area (Å²) in [6.07, 6.45) is 0. The summed E-state index contributed by atoms with van der Waals surface area (Å²) < 4.78 is 5.25. The Morgan fingerprint density at radius 3 is 2.90 bits per heavy atom. The number of anilines is 1. The van der Waals surface area contributed by atoms with E-state index in [0.29, 0.717) is 10.2 Å². The molecule has 0 bridgehead atoms. The van der Waals surface area contributed by atoms with Gasteiger partial charge in [-0.05, 0) is 30.2 Å². The Hall–Kier alpha value is -2.34. The van der Waals surface area contributed by atoms with Gasteiger partial charge in [0.15, 0.2) is 0 Å². The summed E-state index contributed by atoms with van der Waals surface area (Å²) in [6.45, 7) is 1.97. The minimum Gasteiger partial charge on any atom is -0.496 e. The van der Waals surface area contributed by atoms with Gasteiger partial charge in [-0.15, -0.1) is 11.3 Å². The molecule has 0 aliphatic carbocycles. The molecule has 102 valence electrons. The third kappa shape index (κ3) is 1.94.